The van der Waals surface area contributed by atoms with Crippen molar-refractivity contribution in [3.05, 3.63) is 29.8 Å². The normalized spacial score (nSPS) is 13.3. The van der Waals surface area contributed by atoms with Gasteiger partial charge in [-0.15, -0.1) is 0 Å². The molecule has 0 bridgehead atoms. The number of hydrogen-bond donors (Lipinski definition) is 1. The highest BCUT2D eigenvalue weighted by atomic mass is 16.5. The van der Waals surface area contributed by atoms with Gasteiger partial charge in [0, 0.05) is 5.56 Å². The fourth-order valence-electron chi connectivity index (χ4n) is 1.89. The Labute approximate surface area is 117 Å². The molecule has 1 aromatic carbocycles. The molecule has 3 nitrogen and oxygen atoms in total. The van der Waals surface area contributed by atoms with Crippen LogP contribution in [0, 0.1) is 0 Å². The highest BCUT2D eigenvalue weighted by Crippen LogP contribution is 2.26. The second-order valence-corrected chi connectivity index (χ2v) is 5.50. The molecule has 0 aliphatic rings. The van der Waals surface area contributed by atoms with Gasteiger partial charge in [0.1, 0.15) is 5.75 Å². The van der Waals surface area contributed by atoms with Crippen molar-refractivity contribution in [1.29, 1.82) is 0 Å². The fraction of sp³-hybridized carbons (Fsp3) is 0.625. The van der Waals surface area contributed by atoms with Crippen LogP contribution in [-0.4, -0.2) is 25.4 Å². The third-order valence-electron chi connectivity index (χ3n) is 2.73. The molecular formula is C16H27NO2. The first-order valence-corrected chi connectivity index (χ1v) is 7.07. The SMILES string of the molecule is CCNC(COC(C)(C)C)c1ccccc1OCC. The summed E-state index contributed by atoms with van der Waals surface area (Å²) in [4.78, 5) is 0. The van der Waals surface area contributed by atoms with Crippen molar-refractivity contribution in [3.8, 4) is 5.75 Å². The van der Waals surface area contributed by atoms with Crippen LogP contribution >= 0.6 is 0 Å². The Hall–Kier alpha value is -1.06. The van der Waals surface area contributed by atoms with E-state index < -0.39 is 0 Å². The Morgan fingerprint density at radius 1 is 1.16 bits per heavy atom. The van der Waals surface area contributed by atoms with Crippen LogP contribution in [0.2, 0.25) is 0 Å². The number of hydrogen-bond acceptors (Lipinski definition) is 3. The van der Waals surface area contributed by atoms with Crippen LogP contribution in [0.3, 0.4) is 0 Å². The topological polar surface area (TPSA) is 30.5 Å². The molecule has 0 amide bonds. The van der Waals surface area contributed by atoms with Crippen LogP contribution in [-0.2, 0) is 4.74 Å². The summed E-state index contributed by atoms with van der Waals surface area (Å²) in [6, 6.07) is 8.32. The minimum absolute atomic E-state index is 0.131. The van der Waals surface area contributed by atoms with E-state index in [4.69, 9.17) is 9.47 Å². The predicted octanol–water partition coefficient (Wildman–Crippen LogP) is 3.55. The lowest BCUT2D eigenvalue weighted by Gasteiger charge is -2.26. The fourth-order valence-corrected chi connectivity index (χ4v) is 1.89. The van der Waals surface area contributed by atoms with Gasteiger partial charge in [-0.3, -0.25) is 0 Å². The summed E-state index contributed by atoms with van der Waals surface area (Å²) in [7, 11) is 0. The minimum atomic E-state index is -0.131. The van der Waals surface area contributed by atoms with Gasteiger partial charge in [-0.1, -0.05) is 25.1 Å². The van der Waals surface area contributed by atoms with Gasteiger partial charge in [-0.05, 0) is 40.3 Å². The molecule has 108 valence electrons. The zero-order valence-electron chi connectivity index (χ0n) is 12.8. The van der Waals surface area contributed by atoms with Crippen molar-refractivity contribution in [2.45, 2.75) is 46.3 Å². The molecule has 0 saturated heterocycles. The summed E-state index contributed by atoms with van der Waals surface area (Å²) in [5, 5.41) is 3.47. The van der Waals surface area contributed by atoms with E-state index >= 15 is 0 Å². The standard InChI is InChI=1S/C16H27NO2/c1-6-17-14(12-19-16(3,4)5)13-10-8-9-11-15(13)18-7-2/h8-11,14,17H,6-7,12H2,1-5H3. The predicted molar refractivity (Wildman–Crippen MR) is 79.7 cm³/mol. The van der Waals surface area contributed by atoms with E-state index in [1.807, 2.05) is 25.1 Å². The molecule has 1 atom stereocenters. The molecular weight excluding hydrogens is 238 g/mol. The van der Waals surface area contributed by atoms with Crippen molar-refractivity contribution < 1.29 is 9.47 Å². The second-order valence-electron chi connectivity index (χ2n) is 5.50. The van der Waals surface area contributed by atoms with Crippen molar-refractivity contribution in [1.82, 2.24) is 5.32 Å². The smallest absolute Gasteiger partial charge is 0.124 e. The quantitative estimate of drug-likeness (QED) is 0.818. The third kappa shape index (κ3) is 5.62. The van der Waals surface area contributed by atoms with E-state index in [9.17, 15) is 0 Å². The molecule has 1 aromatic rings. The third-order valence-corrected chi connectivity index (χ3v) is 2.73. The van der Waals surface area contributed by atoms with Crippen LogP contribution in [0.15, 0.2) is 24.3 Å². The average molecular weight is 265 g/mol. The van der Waals surface area contributed by atoms with Gasteiger partial charge in [0.25, 0.3) is 0 Å². The van der Waals surface area contributed by atoms with Crippen LogP contribution in [0.4, 0.5) is 0 Å². The van der Waals surface area contributed by atoms with Crippen molar-refractivity contribution in [2.24, 2.45) is 0 Å². The summed E-state index contributed by atoms with van der Waals surface area (Å²) in [6.07, 6.45) is 0. The molecule has 0 aliphatic heterocycles. The number of benzene rings is 1. The zero-order valence-corrected chi connectivity index (χ0v) is 12.8. The molecule has 0 spiro atoms. The number of rotatable bonds is 7. The van der Waals surface area contributed by atoms with Gasteiger partial charge < -0.3 is 14.8 Å². The Morgan fingerprint density at radius 3 is 2.42 bits per heavy atom. The van der Waals surface area contributed by atoms with Crippen LogP contribution < -0.4 is 10.1 Å². The molecule has 1 unspecified atom stereocenters. The second kappa shape index (κ2) is 7.51. The first kappa shape index (κ1) is 16.0. The van der Waals surface area contributed by atoms with Gasteiger partial charge in [0.2, 0.25) is 0 Å². The molecule has 0 saturated carbocycles. The van der Waals surface area contributed by atoms with E-state index in [1.165, 1.54) is 0 Å². The molecule has 19 heavy (non-hydrogen) atoms. The molecule has 1 N–H and O–H groups in total. The van der Waals surface area contributed by atoms with Crippen molar-refractivity contribution >= 4 is 0 Å². The molecule has 0 heterocycles. The lowest BCUT2D eigenvalue weighted by Crippen LogP contribution is -2.30. The summed E-state index contributed by atoms with van der Waals surface area (Å²) in [5.41, 5.74) is 1.03. The van der Waals surface area contributed by atoms with Gasteiger partial charge >= 0.3 is 0 Å². The molecule has 0 aliphatic carbocycles. The summed E-state index contributed by atoms with van der Waals surface area (Å²) >= 11 is 0. The average Bonchev–Trinajstić information content (AvgIpc) is 2.35. The van der Waals surface area contributed by atoms with E-state index in [2.05, 4.69) is 39.1 Å². The first-order chi connectivity index (χ1) is 8.98. The van der Waals surface area contributed by atoms with Crippen LogP contribution in [0.1, 0.15) is 46.2 Å². The van der Waals surface area contributed by atoms with Crippen molar-refractivity contribution in [2.75, 3.05) is 19.8 Å². The highest BCUT2D eigenvalue weighted by molar-refractivity contribution is 5.36. The number of para-hydroxylation sites is 1. The summed E-state index contributed by atoms with van der Waals surface area (Å²) in [6.45, 7) is 12.5. The van der Waals surface area contributed by atoms with Gasteiger partial charge in [-0.25, -0.2) is 0 Å². The zero-order chi connectivity index (χ0) is 14.3. The molecule has 3 heteroatoms. The summed E-state index contributed by atoms with van der Waals surface area (Å²) < 4.78 is 11.6. The van der Waals surface area contributed by atoms with Gasteiger partial charge in [-0.2, -0.15) is 0 Å². The first-order valence-electron chi connectivity index (χ1n) is 7.07. The Kier molecular flexibility index (Phi) is 6.32. The minimum Gasteiger partial charge on any atom is -0.494 e. The van der Waals surface area contributed by atoms with Crippen molar-refractivity contribution in [3.63, 3.8) is 0 Å². The van der Waals surface area contributed by atoms with Gasteiger partial charge in [0.15, 0.2) is 0 Å². The maximum atomic E-state index is 5.91. The maximum Gasteiger partial charge on any atom is 0.124 e. The van der Waals surface area contributed by atoms with E-state index in [0.717, 1.165) is 17.9 Å². The van der Waals surface area contributed by atoms with Gasteiger partial charge in [0.05, 0.1) is 24.9 Å². The summed E-state index contributed by atoms with van der Waals surface area (Å²) in [5.74, 6) is 0.938. The Balaban J connectivity index is 2.85. The lowest BCUT2D eigenvalue weighted by molar-refractivity contribution is -0.0149. The van der Waals surface area contributed by atoms with Crippen LogP contribution in [0.25, 0.3) is 0 Å². The number of likely N-dealkylation sites (N-methyl/N-ethyl adjacent to an activating group) is 1. The molecule has 1 rings (SSSR count). The highest BCUT2D eigenvalue weighted by Gasteiger charge is 2.19. The molecule has 0 fully saturated rings. The van der Waals surface area contributed by atoms with E-state index in [1.54, 1.807) is 0 Å². The number of nitrogens with one attached hydrogen (secondary N) is 1. The lowest BCUT2D eigenvalue weighted by atomic mass is 10.1. The van der Waals surface area contributed by atoms with E-state index in [-0.39, 0.29) is 11.6 Å². The van der Waals surface area contributed by atoms with E-state index in [0.29, 0.717) is 13.2 Å². The Morgan fingerprint density at radius 2 is 1.84 bits per heavy atom. The molecule has 0 radical (unpaired) electrons. The monoisotopic (exact) mass is 265 g/mol. The maximum absolute atomic E-state index is 5.91. The van der Waals surface area contributed by atoms with Crippen LogP contribution in [0.5, 0.6) is 5.75 Å². The Bertz CT molecular complexity index is 371. The largest absolute Gasteiger partial charge is 0.494 e. The molecule has 0 aromatic heterocycles. The number of ether oxygens (including phenoxy) is 2.